The van der Waals surface area contributed by atoms with Crippen LogP contribution in [0.1, 0.15) is 42.4 Å². The van der Waals surface area contributed by atoms with Crippen molar-refractivity contribution in [3.63, 3.8) is 0 Å². The van der Waals surface area contributed by atoms with Crippen molar-refractivity contribution >= 4 is 17.5 Å². The van der Waals surface area contributed by atoms with Crippen LogP contribution >= 0.6 is 0 Å². The highest BCUT2D eigenvalue weighted by molar-refractivity contribution is 6.02. The van der Waals surface area contributed by atoms with Crippen molar-refractivity contribution in [2.24, 2.45) is 0 Å². The maximum atomic E-state index is 13.0. The zero-order valence-electron chi connectivity index (χ0n) is 17.2. The molecule has 158 valence electrons. The molecule has 9 nitrogen and oxygen atoms in total. The van der Waals surface area contributed by atoms with Crippen LogP contribution in [-0.2, 0) is 4.79 Å². The summed E-state index contributed by atoms with van der Waals surface area (Å²) in [6, 6.07) is 8.76. The molecular weight excluding hydrogens is 398 g/mol. The molecule has 0 spiro atoms. The number of benzene rings is 1. The second-order valence-corrected chi connectivity index (χ2v) is 8.20. The first kappa shape index (κ1) is 19.2. The molecule has 9 heteroatoms. The summed E-state index contributed by atoms with van der Waals surface area (Å²) in [5, 5.41) is 11.1. The van der Waals surface area contributed by atoms with Crippen LogP contribution in [-0.4, -0.2) is 50.6 Å². The van der Waals surface area contributed by atoms with E-state index in [0.717, 1.165) is 12.0 Å². The maximum Gasteiger partial charge on any atom is 0.268 e. The molecule has 1 saturated heterocycles. The Balaban J connectivity index is 1.30. The summed E-state index contributed by atoms with van der Waals surface area (Å²) in [7, 11) is 0. The van der Waals surface area contributed by atoms with E-state index in [1.165, 1.54) is 0 Å². The molecule has 5 rings (SSSR count). The van der Waals surface area contributed by atoms with Crippen LogP contribution in [0.4, 0.5) is 5.69 Å². The Morgan fingerprint density at radius 2 is 2.13 bits per heavy atom. The van der Waals surface area contributed by atoms with Crippen molar-refractivity contribution < 1.29 is 18.7 Å². The molecule has 0 unspecified atom stereocenters. The zero-order valence-corrected chi connectivity index (χ0v) is 17.2. The fourth-order valence-corrected chi connectivity index (χ4v) is 3.78. The molecule has 0 bridgehead atoms. The molecule has 2 aliphatic heterocycles. The number of carbonyl (C=O) groups is 2. The number of anilines is 1. The van der Waals surface area contributed by atoms with Crippen molar-refractivity contribution in [3.05, 3.63) is 54.2 Å². The van der Waals surface area contributed by atoms with Gasteiger partial charge >= 0.3 is 0 Å². The lowest BCUT2D eigenvalue weighted by Crippen LogP contribution is -2.45. The number of nitrogens with zero attached hydrogens (tertiary/aromatic N) is 4. The number of ether oxygens (including phenoxy) is 1. The minimum absolute atomic E-state index is 0.0247. The fourth-order valence-electron chi connectivity index (χ4n) is 3.78. The molecular formula is C22H21N5O4. The second kappa shape index (κ2) is 7.19. The molecule has 4 heterocycles. The van der Waals surface area contributed by atoms with Gasteiger partial charge in [0.25, 0.3) is 11.8 Å². The van der Waals surface area contributed by atoms with E-state index in [0.29, 0.717) is 41.9 Å². The molecule has 31 heavy (non-hydrogen) atoms. The minimum atomic E-state index is -0.945. The minimum Gasteiger partial charge on any atom is -0.476 e. The van der Waals surface area contributed by atoms with Crippen LogP contribution in [0.15, 0.2) is 47.1 Å². The van der Waals surface area contributed by atoms with Gasteiger partial charge in [0.1, 0.15) is 5.75 Å². The van der Waals surface area contributed by atoms with Gasteiger partial charge in [-0.3, -0.25) is 14.6 Å². The van der Waals surface area contributed by atoms with E-state index in [1.807, 2.05) is 12.1 Å². The number of likely N-dealkylation sites (tertiary alicyclic amines) is 1. The maximum absolute atomic E-state index is 13.0. The van der Waals surface area contributed by atoms with Gasteiger partial charge in [0, 0.05) is 31.0 Å². The third kappa shape index (κ3) is 3.52. The predicted octanol–water partition coefficient (Wildman–Crippen LogP) is 2.87. The van der Waals surface area contributed by atoms with Crippen LogP contribution in [0.5, 0.6) is 5.75 Å². The number of hydrogen-bond donors (Lipinski definition) is 1. The topological polar surface area (TPSA) is 110 Å². The number of aromatic nitrogens is 3. The number of rotatable bonds is 3. The van der Waals surface area contributed by atoms with Gasteiger partial charge < -0.3 is 19.4 Å². The Hall–Kier alpha value is -3.75. The fraction of sp³-hybridized carbons (Fsp3) is 0.318. The molecule has 0 aliphatic carbocycles. The van der Waals surface area contributed by atoms with Gasteiger partial charge in [-0.2, -0.15) is 0 Å². The summed E-state index contributed by atoms with van der Waals surface area (Å²) in [6.07, 6.45) is 4.08. The van der Waals surface area contributed by atoms with E-state index in [9.17, 15) is 9.59 Å². The molecule has 0 radical (unpaired) electrons. The van der Waals surface area contributed by atoms with E-state index < -0.39 is 5.60 Å². The Morgan fingerprint density at radius 1 is 1.26 bits per heavy atom. The molecule has 3 aromatic rings. The van der Waals surface area contributed by atoms with E-state index in [2.05, 4.69) is 20.5 Å². The number of fused-ring (bicyclic) bond motifs is 1. The van der Waals surface area contributed by atoms with E-state index >= 15 is 0 Å². The van der Waals surface area contributed by atoms with Gasteiger partial charge in [0.15, 0.2) is 5.60 Å². The van der Waals surface area contributed by atoms with Crippen LogP contribution in [0.2, 0.25) is 0 Å². The lowest BCUT2D eigenvalue weighted by atomic mass is 10.0. The third-order valence-corrected chi connectivity index (χ3v) is 5.56. The molecule has 0 saturated carbocycles. The Kier molecular flexibility index (Phi) is 4.46. The number of nitrogens with one attached hydrogen (secondary N) is 1. The van der Waals surface area contributed by atoms with Gasteiger partial charge in [-0.05, 0) is 50.6 Å². The Labute approximate surface area is 178 Å². The molecule has 1 aromatic carbocycles. The van der Waals surface area contributed by atoms with Crippen molar-refractivity contribution in [2.45, 2.75) is 31.8 Å². The molecule has 2 aliphatic rings. The monoisotopic (exact) mass is 419 g/mol. The summed E-state index contributed by atoms with van der Waals surface area (Å²) in [6.45, 7) is 4.47. The zero-order chi connectivity index (χ0) is 21.6. The average molecular weight is 419 g/mol. The number of pyridine rings is 1. The SMILES string of the molecule is CC1(C)Oc2ccc(C(=O)N3CC[C@@H](c4nnc(-c5cccnc5)o4)C3)cc2NC1=O. The second-order valence-electron chi connectivity index (χ2n) is 8.20. The summed E-state index contributed by atoms with van der Waals surface area (Å²) in [4.78, 5) is 31.0. The first-order chi connectivity index (χ1) is 14.9. The molecule has 1 fully saturated rings. The van der Waals surface area contributed by atoms with Crippen molar-refractivity contribution in [3.8, 4) is 17.2 Å². The smallest absolute Gasteiger partial charge is 0.268 e. The Morgan fingerprint density at radius 3 is 2.94 bits per heavy atom. The highest BCUT2D eigenvalue weighted by Crippen LogP contribution is 2.35. The average Bonchev–Trinajstić information content (AvgIpc) is 3.44. The molecule has 2 amide bonds. The summed E-state index contributed by atoms with van der Waals surface area (Å²) in [5.41, 5.74) is 0.807. The first-order valence-corrected chi connectivity index (χ1v) is 10.1. The van der Waals surface area contributed by atoms with Crippen molar-refractivity contribution in [1.82, 2.24) is 20.1 Å². The highest BCUT2D eigenvalue weighted by Gasteiger charge is 2.36. The first-order valence-electron chi connectivity index (χ1n) is 10.1. The lowest BCUT2D eigenvalue weighted by Gasteiger charge is -2.31. The van der Waals surface area contributed by atoms with E-state index in [1.54, 1.807) is 49.3 Å². The van der Waals surface area contributed by atoms with Gasteiger partial charge in [-0.1, -0.05) is 0 Å². The number of hydrogen-bond acceptors (Lipinski definition) is 7. The van der Waals surface area contributed by atoms with Gasteiger partial charge in [0.05, 0.1) is 17.2 Å². The lowest BCUT2D eigenvalue weighted by molar-refractivity contribution is -0.129. The molecule has 1 atom stereocenters. The van der Waals surface area contributed by atoms with E-state index in [-0.39, 0.29) is 17.7 Å². The Bertz CT molecular complexity index is 1160. The van der Waals surface area contributed by atoms with Gasteiger partial charge in [-0.25, -0.2) is 0 Å². The standard InChI is InChI=1S/C22H21N5O4/c1-22(2)21(29)24-16-10-13(5-6-17(16)31-22)20(28)27-9-7-15(12-27)19-26-25-18(30-19)14-4-3-8-23-11-14/h3-6,8,10-11,15H,7,9,12H2,1-2H3,(H,24,29)/t15-/m1/s1. The van der Waals surface area contributed by atoms with Crippen LogP contribution in [0.3, 0.4) is 0 Å². The molecule has 1 N–H and O–H groups in total. The quantitative estimate of drug-likeness (QED) is 0.695. The van der Waals surface area contributed by atoms with Gasteiger partial charge in [-0.15, -0.1) is 10.2 Å². The predicted molar refractivity (Wildman–Crippen MR) is 111 cm³/mol. The highest BCUT2D eigenvalue weighted by atomic mass is 16.5. The third-order valence-electron chi connectivity index (χ3n) is 5.56. The number of amides is 2. The summed E-state index contributed by atoms with van der Waals surface area (Å²) < 4.78 is 11.6. The number of carbonyl (C=O) groups excluding carboxylic acids is 2. The van der Waals surface area contributed by atoms with Crippen LogP contribution < -0.4 is 10.1 Å². The van der Waals surface area contributed by atoms with Crippen molar-refractivity contribution in [1.29, 1.82) is 0 Å². The van der Waals surface area contributed by atoms with Crippen LogP contribution in [0, 0.1) is 0 Å². The van der Waals surface area contributed by atoms with E-state index in [4.69, 9.17) is 9.15 Å². The normalized spacial score (nSPS) is 19.5. The van der Waals surface area contributed by atoms with Gasteiger partial charge in [0.2, 0.25) is 11.8 Å². The molecule has 2 aromatic heterocycles. The van der Waals surface area contributed by atoms with Crippen molar-refractivity contribution in [2.75, 3.05) is 18.4 Å². The summed E-state index contributed by atoms with van der Waals surface area (Å²) in [5.74, 6) is 1.10. The van der Waals surface area contributed by atoms with Crippen LogP contribution in [0.25, 0.3) is 11.5 Å². The summed E-state index contributed by atoms with van der Waals surface area (Å²) >= 11 is 0. The largest absolute Gasteiger partial charge is 0.476 e.